The van der Waals surface area contributed by atoms with Crippen LogP contribution < -0.4 is 0 Å². The van der Waals surface area contributed by atoms with E-state index in [0.717, 1.165) is 12.1 Å². The standard InChI is InChI=1S/C21H21ClFNO3/c22-17-5-3-16(4-6-17)21(27)11-13-24(14-12-21)20(26)10-9-19(25)15-1-7-18(23)8-2-15/h1-8,27H,9-14H2/i3D,4D,5D,6D,13D2,14D2. The second kappa shape index (κ2) is 8.19. The van der Waals surface area contributed by atoms with Crippen LogP contribution in [-0.4, -0.2) is 34.7 Å². The Bertz CT molecular complexity index is 1150. The van der Waals surface area contributed by atoms with Crippen molar-refractivity contribution in [1.82, 2.24) is 4.90 Å². The lowest BCUT2D eigenvalue weighted by atomic mass is 9.84. The average Bonchev–Trinajstić information content (AvgIpc) is 2.73. The maximum absolute atomic E-state index is 13.1. The second-order valence-electron chi connectivity index (χ2n) is 6.05. The van der Waals surface area contributed by atoms with Crippen LogP contribution in [0.3, 0.4) is 0 Å². The molecule has 1 aliphatic heterocycles. The molecule has 1 saturated heterocycles. The highest BCUT2D eigenvalue weighted by atomic mass is 35.5. The minimum atomic E-state index is -2.82. The quantitative estimate of drug-likeness (QED) is 0.777. The molecule has 6 heteroatoms. The molecular formula is C21H21ClFNO3. The molecule has 0 radical (unpaired) electrons. The van der Waals surface area contributed by atoms with Crippen molar-refractivity contribution in [2.24, 2.45) is 0 Å². The van der Waals surface area contributed by atoms with Gasteiger partial charge in [0, 0.05) is 41.9 Å². The van der Waals surface area contributed by atoms with Crippen molar-refractivity contribution < 1.29 is 30.1 Å². The maximum Gasteiger partial charge on any atom is 0.223 e. The highest BCUT2D eigenvalue weighted by Crippen LogP contribution is 2.33. The fraction of sp³-hybridized carbons (Fsp3) is 0.333. The number of likely N-dealkylation sites (tertiary alicyclic amines) is 1. The molecule has 1 amide bonds. The van der Waals surface area contributed by atoms with E-state index in [1.54, 1.807) is 0 Å². The van der Waals surface area contributed by atoms with Crippen LogP contribution in [0.5, 0.6) is 0 Å². The smallest absolute Gasteiger partial charge is 0.223 e. The molecular weight excluding hydrogens is 369 g/mol. The summed E-state index contributed by atoms with van der Waals surface area (Å²) in [5, 5.41) is 10.7. The van der Waals surface area contributed by atoms with Gasteiger partial charge in [-0.25, -0.2) is 4.39 Å². The lowest BCUT2D eigenvalue weighted by molar-refractivity contribution is -0.135. The number of aliphatic hydroxyl groups is 1. The molecule has 0 bridgehead atoms. The number of Topliss-reactive ketones (excluding diaryl/α,β-unsaturated/α-hetero) is 1. The first-order chi connectivity index (χ1) is 16.0. The third-order valence-corrected chi connectivity index (χ3v) is 4.29. The third-order valence-electron chi connectivity index (χ3n) is 4.10. The molecule has 27 heavy (non-hydrogen) atoms. The summed E-state index contributed by atoms with van der Waals surface area (Å²) in [4.78, 5) is 25.5. The number of halogens is 2. The molecule has 0 unspecified atom stereocenters. The SMILES string of the molecule is [2H]c1c([2H])c(C2(O)CC([2H])([2H])N(C(=O)CCC(=O)c3ccc(F)cc3)C([2H])([2H])C2)c([2H])c([2H])c1Cl. The number of rotatable bonds is 5. The van der Waals surface area contributed by atoms with Crippen LogP contribution in [0.2, 0.25) is 5.02 Å². The molecule has 2 aromatic rings. The normalized spacial score (nSPS) is 24.2. The Hall–Kier alpha value is -2.24. The number of carbonyl (C=O) groups excluding carboxylic acids is 2. The fourth-order valence-electron chi connectivity index (χ4n) is 2.53. The Morgan fingerprint density at radius 1 is 1.15 bits per heavy atom. The minimum Gasteiger partial charge on any atom is -0.385 e. The summed E-state index contributed by atoms with van der Waals surface area (Å²) < 4.78 is 78.4. The summed E-state index contributed by atoms with van der Waals surface area (Å²) in [5.74, 6) is -2.13. The fourth-order valence-corrected chi connectivity index (χ4v) is 2.63. The molecule has 2 aromatic carbocycles. The first kappa shape index (κ1) is 11.6. The Kier molecular flexibility index (Phi) is 3.51. The second-order valence-corrected chi connectivity index (χ2v) is 6.43. The number of amides is 1. The van der Waals surface area contributed by atoms with E-state index in [0.29, 0.717) is 4.90 Å². The average molecular weight is 398 g/mol. The number of ketones is 1. The van der Waals surface area contributed by atoms with Crippen LogP contribution in [0, 0.1) is 5.82 Å². The summed E-state index contributed by atoms with van der Waals surface area (Å²) in [5.41, 5.74) is -2.99. The van der Waals surface area contributed by atoms with Gasteiger partial charge in [0.05, 0.1) is 11.1 Å². The van der Waals surface area contributed by atoms with Gasteiger partial charge in [-0.3, -0.25) is 9.59 Å². The number of carbonyl (C=O) groups is 2. The van der Waals surface area contributed by atoms with E-state index >= 15 is 0 Å². The van der Waals surface area contributed by atoms with E-state index in [-0.39, 0.29) is 5.56 Å². The molecule has 0 aliphatic carbocycles. The molecule has 4 nitrogen and oxygen atoms in total. The van der Waals surface area contributed by atoms with Crippen LogP contribution in [0.1, 0.15) is 52.6 Å². The van der Waals surface area contributed by atoms with Gasteiger partial charge in [0.1, 0.15) is 5.82 Å². The Morgan fingerprint density at radius 3 is 2.33 bits per heavy atom. The zero-order valence-electron chi connectivity index (χ0n) is 22.1. The Morgan fingerprint density at radius 2 is 1.74 bits per heavy atom. The van der Waals surface area contributed by atoms with Crippen molar-refractivity contribution in [2.45, 2.75) is 31.3 Å². The van der Waals surface area contributed by atoms with Gasteiger partial charge in [0.15, 0.2) is 5.78 Å². The highest BCUT2D eigenvalue weighted by molar-refractivity contribution is 6.30. The Balaban J connectivity index is 1.89. The lowest BCUT2D eigenvalue weighted by Gasteiger charge is -2.38. The molecule has 1 N–H and O–H groups in total. The van der Waals surface area contributed by atoms with Crippen LogP contribution in [0.15, 0.2) is 48.4 Å². The number of piperidine rings is 1. The Labute approximate surface area is 173 Å². The summed E-state index contributed by atoms with van der Waals surface area (Å²) in [6, 6.07) is 1.77. The van der Waals surface area contributed by atoms with Gasteiger partial charge in [-0.15, -0.1) is 0 Å². The molecule has 0 saturated carbocycles. The summed E-state index contributed by atoms with van der Waals surface area (Å²) in [6.07, 6.45) is -2.85. The monoisotopic (exact) mass is 397 g/mol. The van der Waals surface area contributed by atoms with Crippen LogP contribution in [0.4, 0.5) is 4.39 Å². The van der Waals surface area contributed by atoms with Crippen molar-refractivity contribution in [1.29, 1.82) is 0 Å². The first-order valence-electron chi connectivity index (χ1n) is 12.1. The van der Waals surface area contributed by atoms with Gasteiger partial charge >= 0.3 is 0 Å². The summed E-state index contributed by atoms with van der Waals surface area (Å²) >= 11 is 5.79. The van der Waals surface area contributed by atoms with Crippen LogP contribution in [0.25, 0.3) is 0 Å². The van der Waals surface area contributed by atoms with Gasteiger partial charge in [0.25, 0.3) is 0 Å². The van der Waals surface area contributed by atoms with E-state index in [1.165, 1.54) is 12.1 Å². The minimum absolute atomic E-state index is 0.129. The van der Waals surface area contributed by atoms with E-state index in [4.69, 9.17) is 22.6 Å². The van der Waals surface area contributed by atoms with Crippen molar-refractivity contribution in [2.75, 3.05) is 13.0 Å². The predicted molar refractivity (Wildman–Crippen MR) is 101 cm³/mol. The highest BCUT2D eigenvalue weighted by Gasteiger charge is 2.35. The van der Waals surface area contributed by atoms with Crippen molar-refractivity contribution in [3.05, 3.63) is 70.4 Å². The molecule has 1 heterocycles. The van der Waals surface area contributed by atoms with Crippen molar-refractivity contribution in [3.63, 3.8) is 0 Å². The number of benzene rings is 2. The predicted octanol–water partition coefficient (Wildman–Crippen LogP) is 3.95. The first-order valence-corrected chi connectivity index (χ1v) is 8.50. The third kappa shape index (κ3) is 4.73. The summed E-state index contributed by atoms with van der Waals surface area (Å²) in [7, 11) is 0. The zero-order valence-corrected chi connectivity index (χ0v) is 14.9. The van der Waals surface area contributed by atoms with Crippen molar-refractivity contribution >= 4 is 23.3 Å². The van der Waals surface area contributed by atoms with E-state index in [2.05, 4.69) is 0 Å². The van der Waals surface area contributed by atoms with Crippen LogP contribution in [-0.2, 0) is 10.4 Å². The molecule has 1 fully saturated rings. The largest absolute Gasteiger partial charge is 0.385 e. The van der Waals surface area contributed by atoms with Gasteiger partial charge in [-0.2, -0.15) is 0 Å². The molecule has 0 atom stereocenters. The van der Waals surface area contributed by atoms with Gasteiger partial charge in [0.2, 0.25) is 5.91 Å². The van der Waals surface area contributed by atoms with Crippen LogP contribution >= 0.6 is 11.6 Å². The van der Waals surface area contributed by atoms with Crippen molar-refractivity contribution in [3.8, 4) is 0 Å². The molecule has 142 valence electrons. The number of hydrogen-bond donors (Lipinski definition) is 1. The maximum atomic E-state index is 13.1. The molecule has 3 rings (SSSR count). The molecule has 1 aliphatic rings. The van der Waals surface area contributed by atoms with E-state index in [9.17, 15) is 19.1 Å². The molecule has 0 aromatic heterocycles. The van der Waals surface area contributed by atoms with Gasteiger partial charge in [-0.1, -0.05) is 23.7 Å². The summed E-state index contributed by atoms with van der Waals surface area (Å²) in [6.45, 7) is -5.65. The topological polar surface area (TPSA) is 57.6 Å². The number of hydrogen-bond acceptors (Lipinski definition) is 3. The molecule has 0 spiro atoms. The number of nitrogens with zero attached hydrogens (tertiary/aromatic N) is 1. The lowest BCUT2D eigenvalue weighted by Crippen LogP contribution is -2.45. The van der Waals surface area contributed by atoms with E-state index < -0.39 is 96.5 Å². The van der Waals surface area contributed by atoms with E-state index in [1.807, 2.05) is 0 Å². The zero-order chi connectivity index (χ0) is 26.5. The van der Waals surface area contributed by atoms with Gasteiger partial charge in [-0.05, 0) is 54.8 Å². The van der Waals surface area contributed by atoms with Gasteiger partial charge < -0.3 is 10.0 Å².